The van der Waals surface area contributed by atoms with Gasteiger partial charge in [0.05, 0.1) is 6.54 Å². The fraction of sp³-hybridized carbons (Fsp3) is 0.400. The van der Waals surface area contributed by atoms with Gasteiger partial charge in [-0.3, -0.25) is 4.79 Å². The van der Waals surface area contributed by atoms with Gasteiger partial charge in [0, 0.05) is 12.1 Å². The van der Waals surface area contributed by atoms with Crippen molar-refractivity contribution in [2.75, 3.05) is 6.54 Å². The first-order chi connectivity index (χ1) is 8.22. The van der Waals surface area contributed by atoms with E-state index in [1.807, 2.05) is 23.1 Å². The minimum Gasteiger partial charge on any atom is -0.330 e. The van der Waals surface area contributed by atoms with E-state index in [0.29, 0.717) is 0 Å². The monoisotopic (exact) mass is 229 g/mol. The van der Waals surface area contributed by atoms with Crippen molar-refractivity contribution in [3.05, 3.63) is 47.0 Å². The Hall–Kier alpha value is -1.57. The summed E-state index contributed by atoms with van der Waals surface area (Å²) in [5.74, 6) is 0.222. The van der Waals surface area contributed by atoms with Gasteiger partial charge in [-0.15, -0.1) is 0 Å². The van der Waals surface area contributed by atoms with Crippen LogP contribution in [0.15, 0.2) is 41.5 Å². The van der Waals surface area contributed by atoms with Gasteiger partial charge in [0.15, 0.2) is 0 Å². The molecular weight excluding hydrogens is 210 g/mol. The van der Waals surface area contributed by atoms with Gasteiger partial charge in [0.2, 0.25) is 0 Å². The SMILES string of the molecule is CCC/C(C)=C1\CN(Cc2ccccc2)C1=O. The second-order valence-electron chi connectivity index (χ2n) is 4.66. The lowest BCUT2D eigenvalue weighted by Gasteiger charge is -2.35. The van der Waals surface area contributed by atoms with Crippen LogP contribution in [0.4, 0.5) is 0 Å². The Kier molecular flexibility index (Phi) is 3.62. The zero-order chi connectivity index (χ0) is 12.3. The minimum atomic E-state index is 0.222. The Morgan fingerprint density at radius 1 is 1.29 bits per heavy atom. The fourth-order valence-corrected chi connectivity index (χ4v) is 2.20. The quantitative estimate of drug-likeness (QED) is 0.573. The van der Waals surface area contributed by atoms with Crippen molar-refractivity contribution in [3.63, 3.8) is 0 Å². The number of amides is 1. The summed E-state index contributed by atoms with van der Waals surface area (Å²) in [5, 5.41) is 0. The number of likely N-dealkylation sites (tertiary alicyclic amines) is 1. The van der Waals surface area contributed by atoms with Gasteiger partial charge in [-0.2, -0.15) is 0 Å². The summed E-state index contributed by atoms with van der Waals surface area (Å²) >= 11 is 0. The van der Waals surface area contributed by atoms with E-state index in [0.717, 1.165) is 31.5 Å². The van der Waals surface area contributed by atoms with Gasteiger partial charge in [-0.1, -0.05) is 49.2 Å². The summed E-state index contributed by atoms with van der Waals surface area (Å²) in [6.45, 7) is 5.79. The molecule has 1 aromatic rings. The zero-order valence-electron chi connectivity index (χ0n) is 10.6. The maximum Gasteiger partial charge on any atom is 0.252 e. The maximum absolute atomic E-state index is 12.0. The van der Waals surface area contributed by atoms with Gasteiger partial charge >= 0.3 is 0 Å². The van der Waals surface area contributed by atoms with Gasteiger partial charge in [0.1, 0.15) is 0 Å². The van der Waals surface area contributed by atoms with Crippen LogP contribution in [0, 0.1) is 0 Å². The summed E-state index contributed by atoms with van der Waals surface area (Å²) in [6, 6.07) is 10.2. The molecule has 1 fully saturated rings. The van der Waals surface area contributed by atoms with E-state index in [1.54, 1.807) is 0 Å². The molecule has 2 heteroatoms. The molecule has 1 aromatic carbocycles. The molecule has 0 aliphatic carbocycles. The van der Waals surface area contributed by atoms with Crippen molar-refractivity contribution >= 4 is 5.91 Å². The number of hydrogen-bond donors (Lipinski definition) is 0. The molecule has 0 aromatic heterocycles. The maximum atomic E-state index is 12.0. The van der Waals surface area contributed by atoms with E-state index in [1.165, 1.54) is 11.1 Å². The van der Waals surface area contributed by atoms with Gasteiger partial charge in [-0.25, -0.2) is 0 Å². The van der Waals surface area contributed by atoms with Crippen LogP contribution in [0.5, 0.6) is 0 Å². The van der Waals surface area contributed by atoms with Crippen LogP contribution in [-0.4, -0.2) is 17.4 Å². The highest BCUT2D eigenvalue weighted by Crippen LogP contribution is 2.24. The summed E-state index contributed by atoms with van der Waals surface area (Å²) in [5.41, 5.74) is 3.50. The number of nitrogens with zero attached hydrogens (tertiary/aromatic N) is 1. The molecule has 0 radical (unpaired) electrons. The lowest BCUT2D eigenvalue weighted by Crippen LogP contribution is -2.46. The molecule has 1 aliphatic heterocycles. The molecule has 2 nitrogen and oxygen atoms in total. The Labute approximate surface area is 103 Å². The van der Waals surface area contributed by atoms with Crippen LogP contribution in [0.3, 0.4) is 0 Å². The minimum absolute atomic E-state index is 0.222. The Balaban J connectivity index is 1.97. The molecule has 0 unspecified atom stereocenters. The van der Waals surface area contributed by atoms with E-state index in [4.69, 9.17) is 0 Å². The number of carbonyl (C=O) groups excluding carboxylic acids is 1. The highest BCUT2D eigenvalue weighted by molar-refractivity contribution is 6.00. The van der Waals surface area contributed by atoms with Crippen LogP contribution in [0.1, 0.15) is 32.3 Å². The van der Waals surface area contributed by atoms with Crippen molar-refractivity contribution in [3.8, 4) is 0 Å². The molecule has 0 N–H and O–H groups in total. The smallest absolute Gasteiger partial charge is 0.252 e. The fourth-order valence-electron chi connectivity index (χ4n) is 2.20. The third-order valence-corrected chi connectivity index (χ3v) is 3.25. The van der Waals surface area contributed by atoms with Gasteiger partial charge in [-0.05, 0) is 18.9 Å². The number of hydrogen-bond acceptors (Lipinski definition) is 1. The normalized spacial score (nSPS) is 18.0. The molecule has 0 atom stereocenters. The van der Waals surface area contributed by atoms with Crippen LogP contribution in [0.25, 0.3) is 0 Å². The van der Waals surface area contributed by atoms with Crippen molar-refractivity contribution in [1.29, 1.82) is 0 Å². The first kappa shape index (κ1) is 11.9. The molecule has 0 spiro atoms. The molecule has 1 saturated heterocycles. The first-order valence-electron chi connectivity index (χ1n) is 6.24. The first-order valence-corrected chi connectivity index (χ1v) is 6.24. The molecule has 17 heavy (non-hydrogen) atoms. The number of benzene rings is 1. The average molecular weight is 229 g/mol. The molecular formula is C15H19NO. The van der Waals surface area contributed by atoms with Crippen LogP contribution in [-0.2, 0) is 11.3 Å². The highest BCUT2D eigenvalue weighted by Gasteiger charge is 2.31. The third-order valence-electron chi connectivity index (χ3n) is 3.25. The second kappa shape index (κ2) is 5.17. The largest absolute Gasteiger partial charge is 0.330 e. The van der Waals surface area contributed by atoms with Crippen molar-refractivity contribution in [2.45, 2.75) is 33.2 Å². The number of allylic oxidation sites excluding steroid dienone is 1. The van der Waals surface area contributed by atoms with E-state index in [9.17, 15) is 4.79 Å². The van der Waals surface area contributed by atoms with Gasteiger partial charge in [0.25, 0.3) is 5.91 Å². The zero-order valence-corrected chi connectivity index (χ0v) is 10.6. The lowest BCUT2D eigenvalue weighted by molar-refractivity contribution is -0.133. The Bertz CT molecular complexity index is 433. The summed E-state index contributed by atoms with van der Waals surface area (Å²) in [6.07, 6.45) is 2.15. The van der Waals surface area contributed by atoms with Crippen molar-refractivity contribution < 1.29 is 4.79 Å². The summed E-state index contributed by atoms with van der Waals surface area (Å²) < 4.78 is 0. The summed E-state index contributed by atoms with van der Waals surface area (Å²) in [7, 11) is 0. The molecule has 0 bridgehead atoms. The molecule has 0 saturated carbocycles. The lowest BCUT2D eigenvalue weighted by atomic mass is 9.97. The Morgan fingerprint density at radius 2 is 2.00 bits per heavy atom. The predicted molar refractivity (Wildman–Crippen MR) is 69.5 cm³/mol. The van der Waals surface area contributed by atoms with Crippen LogP contribution in [0.2, 0.25) is 0 Å². The third kappa shape index (κ3) is 2.57. The van der Waals surface area contributed by atoms with E-state index < -0.39 is 0 Å². The van der Waals surface area contributed by atoms with Crippen molar-refractivity contribution in [2.24, 2.45) is 0 Å². The summed E-state index contributed by atoms with van der Waals surface area (Å²) in [4.78, 5) is 13.9. The second-order valence-corrected chi connectivity index (χ2v) is 4.66. The molecule has 1 heterocycles. The van der Waals surface area contributed by atoms with E-state index >= 15 is 0 Å². The predicted octanol–water partition coefficient (Wildman–Crippen LogP) is 3.15. The number of β-lactam (4-membered cyclic amide) rings is 1. The molecule has 1 amide bonds. The Morgan fingerprint density at radius 3 is 2.59 bits per heavy atom. The van der Waals surface area contributed by atoms with E-state index in [-0.39, 0.29) is 5.91 Å². The standard InChI is InChI=1S/C15H19NO/c1-3-7-12(2)14-11-16(15(14)17)10-13-8-5-4-6-9-13/h4-6,8-9H,3,7,10-11H2,1-2H3/b14-12+. The van der Waals surface area contributed by atoms with Crippen molar-refractivity contribution in [1.82, 2.24) is 4.90 Å². The topological polar surface area (TPSA) is 20.3 Å². The molecule has 90 valence electrons. The van der Waals surface area contributed by atoms with Gasteiger partial charge < -0.3 is 4.90 Å². The molecule has 2 rings (SSSR count). The number of carbonyl (C=O) groups is 1. The van der Waals surface area contributed by atoms with E-state index in [2.05, 4.69) is 26.0 Å². The van der Waals surface area contributed by atoms with Crippen LogP contribution >= 0.6 is 0 Å². The number of rotatable bonds is 4. The highest BCUT2D eigenvalue weighted by atomic mass is 16.2. The van der Waals surface area contributed by atoms with Crippen LogP contribution < -0.4 is 0 Å². The average Bonchev–Trinajstić information content (AvgIpc) is 2.35. The molecule has 1 aliphatic rings.